The van der Waals surface area contributed by atoms with Crippen molar-refractivity contribution in [3.8, 4) is 5.75 Å². The van der Waals surface area contributed by atoms with Gasteiger partial charge in [0, 0.05) is 55.8 Å². The van der Waals surface area contributed by atoms with E-state index in [1.54, 1.807) is 13.0 Å². The molecule has 8 rings (SSSR count). The number of hydrogen-bond donors (Lipinski definition) is 1. The first-order valence-corrected chi connectivity index (χ1v) is 20.8. The summed E-state index contributed by atoms with van der Waals surface area (Å²) in [5, 5.41) is 8.72. The zero-order valence-corrected chi connectivity index (χ0v) is 32.0. The van der Waals surface area contributed by atoms with Gasteiger partial charge in [-0.25, -0.2) is 13.1 Å². The number of anilines is 1. The molecule has 6 atom stereocenters. The maximum absolute atomic E-state index is 13.6. The highest BCUT2D eigenvalue weighted by atomic mass is 35.5. The van der Waals surface area contributed by atoms with Gasteiger partial charge < -0.3 is 14.4 Å². The fourth-order valence-electron chi connectivity index (χ4n) is 9.61. The van der Waals surface area contributed by atoms with Gasteiger partial charge in [0.05, 0.1) is 29.8 Å². The third kappa shape index (κ3) is 6.49. The van der Waals surface area contributed by atoms with Crippen LogP contribution in [-0.2, 0) is 26.6 Å². The lowest BCUT2D eigenvalue weighted by atomic mass is 9.63. The highest BCUT2D eigenvalue weighted by molar-refractivity contribution is 7.90. The van der Waals surface area contributed by atoms with Crippen molar-refractivity contribution in [1.82, 2.24) is 9.62 Å². The zero-order chi connectivity index (χ0) is 36.3. The molecular weight excluding hydrogens is 698 g/mol. The molecule has 4 heterocycles. The Bertz CT molecular complexity index is 1950. The Labute approximate surface area is 312 Å². The van der Waals surface area contributed by atoms with E-state index in [0.29, 0.717) is 49.9 Å². The molecular formula is C40H50ClN5O5S. The van der Waals surface area contributed by atoms with Crippen LogP contribution in [0.5, 0.6) is 5.75 Å². The van der Waals surface area contributed by atoms with Crippen LogP contribution >= 0.6 is 11.6 Å². The van der Waals surface area contributed by atoms with Crippen LogP contribution in [-0.4, -0.2) is 83.1 Å². The number of allylic oxidation sites excluding steroid dienone is 1. The molecule has 1 spiro atoms. The number of aryl methyl sites for hydroxylation is 1. The van der Waals surface area contributed by atoms with Crippen LogP contribution < -0.4 is 14.4 Å². The number of hydrogen-bond acceptors (Lipinski definition) is 9. The summed E-state index contributed by atoms with van der Waals surface area (Å²) in [6.07, 6.45) is 10.9. The van der Waals surface area contributed by atoms with Crippen LogP contribution in [0.3, 0.4) is 0 Å². The van der Waals surface area contributed by atoms with Crippen LogP contribution in [0, 0.1) is 17.8 Å². The van der Waals surface area contributed by atoms with Crippen molar-refractivity contribution < 1.29 is 22.7 Å². The Hall–Kier alpha value is -3.25. The Kier molecular flexibility index (Phi) is 9.54. The SMILES string of the molecule is CO[C@@]1(CN2CCC3=C(C2)N=NC3)/C=C/C[C@H](C)[C@@H](C)S(=O)(=O)NC(=O)c2ccc3c(c2)N(C[C@@H]2CC[C@H]21)C[C@@]1(CCCc2cc(Cl)ccc21)CO3. The van der Waals surface area contributed by atoms with E-state index in [-0.39, 0.29) is 17.3 Å². The molecule has 0 aromatic heterocycles. The number of nitrogens with zero attached hydrogens (tertiary/aromatic N) is 4. The summed E-state index contributed by atoms with van der Waals surface area (Å²) in [5.41, 5.74) is 5.24. The molecule has 278 valence electrons. The second kappa shape index (κ2) is 13.9. The van der Waals surface area contributed by atoms with Gasteiger partial charge in [-0.2, -0.15) is 10.2 Å². The van der Waals surface area contributed by atoms with Crippen molar-refractivity contribution >= 4 is 33.2 Å². The largest absolute Gasteiger partial charge is 0.490 e. The Balaban J connectivity index is 1.20. The molecule has 52 heavy (non-hydrogen) atoms. The number of halogens is 1. The van der Waals surface area contributed by atoms with E-state index in [4.69, 9.17) is 21.1 Å². The summed E-state index contributed by atoms with van der Waals surface area (Å²) in [7, 11) is -2.14. The molecule has 2 aromatic rings. The van der Waals surface area contributed by atoms with E-state index < -0.39 is 26.8 Å². The van der Waals surface area contributed by atoms with Crippen LogP contribution in [0.1, 0.15) is 73.9 Å². The number of amides is 1. The van der Waals surface area contributed by atoms with Crippen molar-refractivity contribution in [1.29, 1.82) is 0 Å². The van der Waals surface area contributed by atoms with Gasteiger partial charge in [-0.1, -0.05) is 36.7 Å². The Morgan fingerprint density at radius 3 is 2.81 bits per heavy atom. The van der Waals surface area contributed by atoms with Crippen LogP contribution in [0.25, 0.3) is 0 Å². The highest BCUT2D eigenvalue weighted by Gasteiger charge is 2.50. The zero-order valence-electron chi connectivity index (χ0n) is 30.4. The number of ether oxygens (including phenoxy) is 2. The molecule has 1 amide bonds. The van der Waals surface area contributed by atoms with Gasteiger partial charge in [-0.05, 0) is 117 Å². The van der Waals surface area contributed by atoms with Crippen LogP contribution in [0.2, 0.25) is 5.02 Å². The third-order valence-corrected chi connectivity index (χ3v) is 15.2. The number of rotatable bonds is 3. The number of azo groups is 1. The van der Waals surface area contributed by atoms with Gasteiger partial charge in [0.1, 0.15) is 11.4 Å². The maximum Gasteiger partial charge on any atom is 0.264 e. The fourth-order valence-corrected chi connectivity index (χ4v) is 11.1. The molecule has 2 aromatic carbocycles. The number of benzene rings is 2. The average molecular weight is 748 g/mol. The first-order valence-electron chi connectivity index (χ1n) is 18.9. The smallest absolute Gasteiger partial charge is 0.264 e. The maximum atomic E-state index is 13.6. The van der Waals surface area contributed by atoms with Gasteiger partial charge in [0.2, 0.25) is 10.0 Å². The summed E-state index contributed by atoms with van der Waals surface area (Å²) in [6.45, 7) is 8.69. The average Bonchev–Trinajstić information content (AvgIpc) is 3.53. The molecule has 0 saturated heterocycles. The van der Waals surface area contributed by atoms with Gasteiger partial charge in [0.15, 0.2) is 0 Å². The molecule has 10 nitrogen and oxygen atoms in total. The van der Waals surface area contributed by atoms with E-state index in [1.807, 2.05) is 32.2 Å². The minimum Gasteiger partial charge on any atom is -0.490 e. The van der Waals surface area contributed by atoms with Crippen molar-refractivity contribution in [2.24, 2.45) is 28.0 Å². The molecule has 6 aliphatic rings. The van der Waals surface area contributed by atoms with E-state index in [1.165, 1.54) is 16.7 Å². The lowest BCUT2D eigenvalue weighted by molar-refractivity contribution is -0.0909. The van der Waals surface area contributed by atoms with Gasteiger partial charge >= 0.3 is 0 Å². The Morgan fingerprint density at radius 2 is 2.00 bits per heavy atom. The van der Waals surface area contributed by atoms with E-state index >= 15 is 0 Å². The molecule has 0 radical (unpaired) electrons. The first kappa shape index (κ1) is 35.8. The number of sulfonamides is 1. The minimum atomic E-state index is -3.96. The topological polar surface area (TPSA) is 113 Å². The molecule has 4 aliphatic heterocycles. The summed E-state index contributed by atoms with van der Waals surface area (Å²) < 4.78 is 42.9. The number of carbonyl (C=O) groups excluding carboxylic acids is 1. The Morgan fingerprint density at radius 1 is 1.13 bits per heavy atom. The van der Waals surface area contributed by atoms with Crippen molar-refractivity contribution in [3.63, 3.8) is 0 Å². The lowest BCUT2D eigenvalue weighted by Gasteiger charge is -2.52. The normalized spacial score (nSPS) is 33.6. The van der Waals surface area contributed by atoms with Gasteiger partial charge in [0.25, 0.3) is 5.91 Å². The fraction of sp³-hybridized carbons (Fsp3) is 0.575. The standard InChI is InChI=1S/C40H50ClN5O5S/c1-26-6-4-16-40(50-3,24-45-17-14-30-20-42-43-35(30)22-45)34-11-8-31(34)21-46-23-39(15-5-7-28-18-32(41)10-12-33(28)39)25-51-37-13-9-29(19-36(37)46)38(47)44-52(48,49)27(26)2/h4,9-10,12-13,16,18-19,26-27,31,34H,5-8,11,14-15,17,20-25H2,1-3H3,(H,44,47)/b16-4+/t26-,27+,31-,34+,39-,40+/m0/s1. The second-order valence-corrected chi connectivity index (χ2v) is 18.6. The number of carbonyl (C=O) groups is 1. The quantitative estimate of drug-likeness (QED) is 0.348. The lowest BCUT2D eigenvalue weighted by Crippen LogP contribution is -2.57. The minimum absolute atomic E-state index is 0.228. The van der Waals surface area contributed by atoms with Crippen molar-refractivity contribution in [3.05, 3.63) is 81.5 Å². The van der Waals surface area contributed by atoms with Crippen LogP contribution in [0.4, 0.5) is 5.69 Å². The van der Waals surface area contributed by atoms with E-state index in [0.717, 1.165) is 74.6 Å². The van der Waals surface area contributed by atoms with Crippen molar-refractivity contribution in [2.45, 2.75) is 75.1 Å². The molecule has 0 unspecified atom stereocenters. The van der Waals surface area contributed by atoms with Crippen molar-refractivity contribution in [2.75, 3.05) is 57.9 Å². The summed E-state index contributed by atoms with van der Waals surface area (Å²) in [6, 6.07) is 11.6. The summed E-state index contributed by atoms with van der Waals surface area (Å²) >= 11 is 6.50. The molecule has 1 N–H and O–H groups in total. The molecule has 1 fully saturated rings. The second-order valence-electron chi connectivity index (χ2n) is 16.1. The third-order valence-electron chi connectivity index (χ3n) is 13.0. The van der Waals surface area contributed by atoms with Crippen LogP contribution in [0.15, 0.2) is 70.0 Å². The summed E-state index contributed by atoms with van der Waals surface area (Å²) in [4.78, 5) is 18.5. The number of fused-ring (bicyclic) bond motifs is 4. The predicted molar refractivity (Wildman–Crippen MR) is 203 cm³/mol. The molecule has 2 aliphatic carbocycles. The highest BCUT2D eigenvalue weighted by Crippen LogP contribution is 2.49. The van der Waals surface area contributed by atoms with E-state index in [2.05, 4.69) is 49.0 Å². The van der Waals surface area contributed by atoms with Gasteiger partial charge in [-0.3, -0.25) is 9.69 Å². The summed E-state index contributed by atoms with van der Waals surface area (Å²) in [5.74, 6) is 0.392. The molecule has 12 heteroatoms. The number of nitrogens with one attached hydrogen (secondary N) is 1. The van der Waals surface area contributed by atoms with Gasteiger partial charge in [-0.15, -0.1) is 0 Å². The monoisotopic (exact) mass is 747 g/mol. The molecule has 2 bridgehead atoms. The number of methoxy groups -OCH3 is 1. The van der Waals surface area contributed by atoms with E-state index in [9.17, 15) is 13.2 Å². The molecule has 1 saturated carbocycles. The first-order chi connectivity index (χ1) is 25.0. The predicted octanol–water partition coefficient (Wildman–Crippen LogP) is 6.69.